The summed E-state index contributed by atoms with van der Waals surface area (Å²) in [5.41, 5.74) is 2.13. The molecule has 0 aliphatic heterocycles. The molecule has 0 aromatic heterocycles. The van der Waals surface area contributed by atoms with E-state index in [2.05, 4.69) is 12.2 Å². The van der Waals surface area contributed by atoms with Crippen molar-refractivity contribution < 1.29 is 10.2 Å². The Bertz CT molecular complexity index is 537. The lowest BCUT2D eigenvalue weighted by Gasteiger charge is -2.18. The van der Waals surface area contributed by atoms with Crippen LogP contribution in [0.5, 0.6) is 11.5 Å². The van der Waals surface area contributed by atoms with Crippen LogP contribution in [0, 0.1) is 0 Å². The third-order valence-electron chi connectivity index (χ3n) is 3.46. The van der Waals surface area contributed by atoms with Crippen LogP contribution in [-0.2, 0) is 6.42 Å². The quantitative estimate of drug-likeness (QED) is 0.755. The van der Waals surface area contributed by atoms with E-state index in [9.17, 15) is 10.2 Å². The molecule has 0 bridgehead atoms. The molecule has 0 aliphatic carbocycles. The number of phenolic OH excluding ortho intramolecular Hbond substituents is 2. The molecule has 1 atom stereocenters. The van der Waals surface area contributed by atoms with E-state index >= 15 is 0 Å². The highest BCUT2D eigenvalue weighted by Gasteiger charge is 2.11. The van der Waals surface area contributed by atoms with Crippen LogP contribution in [0.3, 0.4) is 0 Å². The van der Waals surface area contributed by atoms with E-state index in [4.69, 9.17) is 0 Å². The summed E-state index contributed by atoms with van der Waals surface area (Å²) >= 11 is 0. The predicted molar refractivity (Wildman–Crippen MR) is 81.0 cm³/mol. The lowest BCUT2D eigenvalue weighted by Crippen LogP contribution is -2.23. The molecule has 2 aromatic rings. The molecule has 2 aromatic carbocycles. The van der Waals surface area contributed by atoms with Crippen molar-refractivity contribution in [2.75, 3.05) is 6.54 Å². The number of phenols is 2. The van der Waals surface area contributed by atoms with Gasteiger partial charge in [-0.25, -0.2) is 0 Å². The Balaban J connectivity index is 1.91. The van der Waals surface area contributed by atoms with E-state index in [1.165, 1.54) is 5.56 Å². The Labute approximate surface area is 119 Å². The lowest BCUT2D eigenvalue weighted by atomic mass is 10.0. The number of benzene rings is 2. The van der Waals surface area contributed by atoms with Gasteiger partial charge in [0.05, 0.1) is 0 Å². The van der Waals surface area contributed by atoms with Gasteiger partial charge in [-0.2, -0.15) is 0 Å². The van der Waals surface area contributed by atoms with Crippen molar-refractivity contribution in [1.29, 1.82) is 0 Å². The van der Waals surface area contributed by atoms with Gasteiger partial charge in [0.15, 0.2) is 0 Å². The lowest BCUT2D eigenvalue weighted by molar-refractivity contribution is 0.442. The number of hydrogen-bond acceptors (Lipinski definition) is 3. The molecule has 3 nitrogen and oxygen atoms in total. The SMILES string of the molecule is CCC(NCCc1ccc(O)cc1)c1ccccc1O. The van der Waals surface area contributed by atoms with Gasteiger partial charge in [-0.1, -0.05) is 37.3 Å². The topological polar surface area (TPSA) is 52.5 Å². The third kappa shape index (κ3) is 3.75. The number of rotatable bonds is 6. The molecule has 106 valence electrons. The molecule has 0 fully saturated rings. The average molecular weight is 271 g/mol. The third-order valence-corrected chi connectivity index (χ3v) is 3.46. The normalized spacial score (nSPS) is 12.2. The van der Waals surface area contributed by atoms with Gasteiger partial charge in [0.1, 0.15) is 11.5 Å². The fraction of sp³-hybridized carbons (Fsp3) is 0.294. The summed E-state index contributed by atoms with van der Waals surface area (Å²) in [7, 11) is 0. The van der Waals surface area contributed by atoms with Crippen LogP contribution in [-0.4, -0.2) is 16.8 Å². The van der Waals surface area contributed by atoms with E-state index in [-0.39, 0.29) is 6.04 Å². The minimum Gasteiger partial charge on any atom is -0.508 e. The number of aromatic hydroxyl groups is 2. The predicted octanol–water partition coefficient (Wildman–Crippen LogP) is 3.38. The van der Waals surface area contributed by atoms with Crippen LogP contribution >= 0.6 is 0 Å². The summed E-state index contributed by atoms with van der Waals surface area (Å²) in [6, 6.07) is 14.9. The molecule has 0 saturated heterocycles. The maximum Gasteiger partial charge on any atom is 0.120 e. The Morgan fingerprint density at radius 3 is 2.35 bits per heavy atom. The van der Waals surface area contributed by atoms with Crippen LogP contribution in [0.15, 0.2) is 48.5 Å². The highest BCUT2D eigenvalue weighted by Crippen LogP contribution is 2.25. The van der Waals surface area contributed by atoms with E-state index < -0.39 is 0 Å². The van der Waals surface area contributed by atoms with Crippen molar-refractivity contribution in [3.05, 3.63) is 59.7 Å². The van der Waals surface area contributed by atoms with Crippen molar-refractivity contribution in [1.82, 2.24) is 5.32 Å². The van der Waals surface area contributed by atoms with Gasteiger partial charge in [0, 0.05) is 11.6 Å². The minimum atomic E-state index is 0.160. The first-order valence-corrected chi connectivity index (χ1v) is 7.00. The first-order chi connectivity index (χ1) is 9.70. The van der Waals surface area contributed by atoms with Crippen LogP contribution in [0.25, 0.3) is 0 Å². The van der Waals surface area contributed by atoms with Gasteiger partial charge in [-0.15, -0.1) is 0 Å². The highest BCUT2D eigenvalue weighted by atomic mass is 16.3. The molecule has 0 heterocycles. The van der Waals surface area contributed by atoms with Crippen molar-refractivity contribution >= 4 is 0 Å². The molecular formula is C17H21NO2. The van der Waals surface area contributed by atoms with Crippen molar-refractivity contribution in [2.24, 2.45) is 0 Å². The summed E-state index contributed by atoms with van der Waals surface area (Å²) in [6.45, 7) is 2.93. The molecule has 2 rings (SSSR count). The first kappa shape index (κ1) is 14.4. The number of nitrogens with one attached hydrogen (secondary N) is 1. The molecule has 0 amide bonds. The Morgan fingerprint density at radius 1 is 1.00 bits per heavy atom. The maximum atomic E-state index is 9.89. The molecule has 20 heavy (non-hydrogen) atoms. The molecule has 3 heteroatoms. The fourth-order valence-corrected chi connectivity index (χ4v) is 2.31. The van der Waals surface area contributed by atoms with Crippen molar-refractivity contribution in [2.45, 2.75) is 25.8 Å². The zero-order valence-corrected chi connectivity index (χ0v) is 11.7. The summed E-state index contributed by atoms with van der Waals surface area (Å²) in [5, 5.41) is 22.6. The molecule has 0 radical (unpaired) electrons. The molecule has 0 spiro atoms. The molecule has 0 aliphatic rings. The van der Waals surface area contributed by atoms with Gasteiger partial charge in [0.2, 0.25) is 0 Å². The van der Waals surface area contributed by atoms with E-state index in [1.807, 2.05) is 30.3 Å². The van der Waals surface area contributed by atoms with Gasteiger partial charge in [0.25, 0.3) is 0 Å². The fourth-order valence-electron chi connectivity index (χ4n) is 2.31. The summed E-state index contributed by atoms with van der Waals surface area (Å²) in [4.78, 5) is 0. The average Bonchev–Trinajstić information content (AvgIpc) is 2.47. The molecular weight excluding hydrogens is 250 g/mol. The smallest absolute Gasteiger partial charge is 0.120 e. The second-order valence-corrected chi connectivity index (χ2v) is 4.89. The van der Waals surface area contributed by atoms with Gasteiger partial charge in [-0.05, 0) is 43.1 Å². The Morgan fingerprint density at radius 2 is 1.70 bits per heavy atom. The second kappa shape index (κ2) is 6.96. The van der Waals surface area contributed by atoms with Crippen LogP contribution < -0.4 is 5.32 Å². The first-order valence-electron chi connectivity index (χ1n) is 7.00. The van der Waals surface area contributed by atoms with E-state index in [1.54, 1.807) is 18.2 Å². The minimum absolute atomic E-state index is 0.160. The highest BCUT2D eigenvalue weighted by molar-refractivity contribution is 5.34. The van der Waals surface area contributed by atoms with Crippen LogP contribution in [0.2, 0.25) is 0 Å². The van der Waals surface area contributed by atoms with Crippen molar-refractivity contribution in [3.63, 3.8) is 0 Å². The van der Waals surface area contributed by atoms with Crippen LogP contribution in [0.4, 0.5) is 0 Å². The van der Waals surface area contributed by atoms with Crippen molar-refractivity contribution in [3.8, 4) is 11.5 Å². The standard InChI is InChI=1S/C17H21NO2/c1-2-16(15-5-3-4-6-17(15)20)18-12-11-13-7-9-14(19)10-8-13/h3-10,16,18-20H,2,11-12H2,1H3. The largest absolute Gasteiger partial charge is 0.508 e. The zero-order valence-electron chi connectivity index (χ0n) is 11.7. The molecule has 1 unspecified atom stereocenters. The Kier molecular flexibility index (Phi) is 5.02. The summed E-state index contributed by atoms with van der Waals surface area (Å²) in [5.74, 6) is 0.638. The Hall–Kier alpha value is -2.00. The van der Waals surface area contributed by atoms with Gasteiger partial charge < -0.3 is 15.5 Å². The summed E-state index contributed by atoms with van der Waals surface area (Å²) in [6.07, 6.45) is 1.82. The van der Waals surface area contributed by atoms with Gasteiger partial charge in [-0.3, -0.25) is 0 Å². The number of hydrogen-bond donors (Lipinski definition) is 3. The number of para-hydroxylation sites is 1. The zero-order chi connectivity index (χ0) is 14.4. The van der Waals surface area contributed by atoms with Gasteiger partial charge >= 0.3 is 0 Å². The maximum absolute atomic E-state index is 9.89. The summed E-state index contributed by atoms with van der Waals surface area (Å²) < 4.78 is 0. The molecule has 0 saturated carbocycles. The van der Waals surface area contributed by atoms with Crippen LogP contribution in [0.1, 0.15) is 30.5 Å². The van der Waals surface area contributed by atoms with E-state index in [0.717, 1.165) is 24.9 Å². The molecule has 3 N–H and O–H groups in total. The van der Waals surface area contributed by atoms with E-state index in [0.29, 0.717) is 11.5 Å². The second-order valence-electron chi connectivity index (χ2n) is 4.89. The monoisotopic (exact) mass is 271 g/mol.